The zero-order valence-corrected chi connectivity index (χ0v) is 19.9. The summed E-state index contributed by atoms with van der Waals surface area (Å²) in [4.78, 5) is 45.0. The maximum Gasteiger partial charge on any atom is 0.426 e. The van der Waals surface area contributed by atoms with Crippen molar-refractivity contribution in [3.63, 3.8) is 0 Å². The minimum atomic E-state index is -3.24. The van der Waals surface area contributed by atoms with Gasteiger partial charge in [-0.25, -0.2) is 18.0 Å². The predicted molar refractivity (Wildman–Crippen MR) is 121 cm³/mol. The van der Waals surface area contributed by atoms with E-state index in [0.717, 1.165) is 0 Å². The standard InChI is InChI=1S/C24H28F3N5O4/c1-22(26,27)14-18(19(33)30-24(15-28)6-7-24)29-21(35)36-31-11-8-23(9-12-31)10-13-32(20(23)34)17-4-2-16(25)3-5-17/h2-5,18H,6-14H2,1H3,(H,29,35)(H,30,33)/t18-/m0/s1. The van der Waals surface area contributed by atoms with Gasteiger partial charge >= 0.3 is 6.09 Å². The molecule has 2 aliphatic heterocycles. The summed E-state index contributed by atoms with van der Waals surface area (Å²) in [5.74, 6) is -4.56. The number of anilines is 1. The summed E-state index contributed by atoms with van der Waals surface area (Å²) in [7, 11) is 0. The van der Waals surface area contributed by atoms with Crippen LogP contribution in [0.5, 0.6) is 0 Å². The maximum absolute atomic E-state index is 13.7. The molecule has 0 radical (unpaired) electrons. The van der Waals surface area contributed by atoms with Crippen molar-refractivity contribution in [2.75, 3.05) is 24.5 Å². The number of carbonyl (C=O) groups is 3. The van der Waals surface area contributed by atoms with E-state index in [1.165, 1.54) is 17.2 Å². The van der Waals surface area contributed by atoms with Crippen LogP contribution in [-0.2, 0) is 14.4 Å². The average molecular weight is 508 g/mol. The third kappa shape index (κ3) is 5.73. The third-order valence-corrected chi connectivity index (χ3v) is 7.04. The van der Waals surface area contributed by atoms with E-state index in [4.69, 9.17) is 10.1 Å². The van der Waals surface area contributed by atoms with Crippen molar-refractivity contribution in [3.05, 3.63) is 30.1 Å². The van der Waals surface area contributed by atoms with Crippen LogP contribution in [0, 0.1) is 22.6 Å². The van der Waals surface area contributed by atoms with Crippen molar-refractivity contribution in [3.8, 4) is 6.07 Å². The third-order valence-electron chi connectivity index (χ3n) is 7.04. The Kier molecular flexibility index (Phi) is 6.88. The summed E-state index contributed by atoms with van der Waals surface area (Å²) in [5.41, 5.74) is -1.06. The van der Waals surface area contributed by atoms with E-state index in [2.05, 4.69) is 10.6 Å². The molecule has 1 aliphatic carbocycles. The Morgan fingerprint density at radius 3 is 2.31 bits per heavy atom. The first-order chi connectivity index (χ1) is 16.9. The van der Waals surface area contributed by atoms with Crippen LogP contribution in [0.15, 0.2) is 24.3 Å². The number of hydrogen-bond donors (Lipinski definition) is 2. The first kappa shape index (κ1) is 25.8. The zero-order valence-electron chi connectivity index (χ0n) is 19.9. The van der Waals surface area contributed by atoms with Crippen LogP contribution in [0.2, 0.25) is 0 Å². The number of alkyl halides is 2. The van der Waals surface area contributed by atoms with E-state index in [1.807, 2.05) is 6.07 Å². The number of hydrogen-bond acceptors (Lipinski definition) is 6. The average Bonchev–Trinajstić information content (AvgIpc) is 3.52. The van der Waals surface area contributed by atoms with Gasteiger partial charge in [0.1, 0.15) is 17.4 Å². The van der Waals surface area contributed by atoms with Gasteiger partial charge in [-0.05, 0) is 63.3 Å². The Morgan fingerprint density at radius 2 is 1.75 bits per heavy atom. The molecule has 4 rings (SSSR count). The first-order valence-electron chi connectivity index (χ1n) is 11.9. The molecule has 1 spiro atoms. The quantitative estimate of drug-likeness (QED) is 0.587. The molecule has 194 valence electrons. The fourth-order valence-corrected chi connectivity index (χ4v) is 4.72. The second kappa shape index (κ2) is 9.61. The van der Waals surface area contributed by atoms with Crippen LogP contribution >= 0.6 is 0 Å². The Bertz CT molecular complexity index is 1060. The summed E-state index contributed by atoms with van der Waals surface area (Å²) in [5, 5.41) is 15.1. The van der Waals surface area contributed by atoms with Gasteiger partial charge in [-0.1, -0.05) is 0 Å². The Hall–Kier alpha value is -3.33. The van der Waals surface area contributed by atoms with Gasteiger partial charge in [0.05, 0.1) is 11.5 Å². The highest BCUT2D eigenvalue weighted by Crippen LogP contribution is 2.43. The predicted octanol–water partition coefficient (Wildman–Crippen LogP) is 2.87. The molecule has 2 N–H and O–H groups in total. The van der Waals surface area contributed by atoms with Gasteiger partial charge in [0.2, 0.25) is 17.7 Å². The molecule has 3 aliphatic rings. The minimum absolute atomic E-state index is 0.0633. The number of nitrogens with one attached hydrogen (secondary N) is 2. The molecule has 0 aromatic heterocycles. The van der Waals surface area contributed by atoms with Gasteiger partial charge < -0.3 is 20.4 Å². The van der Waals surface area contributed by atoms with E-state index < -0.39 is 41.3 Å². The SMILES string of the molecule is CC(F)(F)C[C@H](NC(=O)ON1CCC2(CC1)CCN(c1ccc(F)cc1)C2=O)C(=O)NC1(C#N)CC1. The highest BCUT2D eigenvalue weighted by atomic mass is 19.3. The second-order valence-electron chi connectivity index (χ2n) is 9.93. The summed E-state index contributed by atoms with van der Waals surface area (Å²) in [6, 6.07) is 6.08. The molecule has 3 fully saturated rings. The van der Waals surface area contributed by atoms with Crippen LogP contribution in [0.25, 0.3) is 0 Å². The number of halogens is 3. The monoisotopic (exact) mass is 507 g/mol. The molecule has 0 unspecified atom stereocenters. The Morgan fingerprint density at radius 1 is 1.14 bits per heavy atom. The molecule has 2 heterocycles. The van der Waals surface area contributed by atoms with Gasteiger partial charge in [0.15, 0.2) is 0 Å². The maximum atomic E-state index is 13.7. The lowest BCUT2D eigenvalue weighted by Gasteiger charge is -2.36. The zero-order chi connectivity index (χ0) is 26.1. The highest BCUT2D eigenvalue weighted by molar-refractivity contribution is 6.00. The van der Waals surface area contributed by atoms with Gasteiger partial charge in [-0.3, -0.25) is 9.59 Å². The molecule has 2 saturated heterocycles. The molecule has 1 aromatic rings. The molecule has 1 atom stereocenters. The van der Waals surface area contributed by atoms with Crippen molar-refractivity contribution in [1.82, 2.24) is 15.7 Å². The lowest BCUT2D eigenvalue weighted by molar-refractivity contribution is -0.147. The molecule has 12 heteroatoms. The summed E-state index contributed by atoms with van der Waals surface area (Å²) >= 11 is 0. The van der Waals surface area contributed by atoms with Crippen LogP contribution in [0.1, 0.15) is 45.4 Å². The summed E-state index contributed by atoms with van der Waals surface area (Å²) < 4.78 is 40.5. The fourth-order valence-electron chi connectivity index (χ4n) is 4.72. The molecule has 0 bridgehead atoms. The van der Waals surface area contributed by atoms with Crippen molar-refractivity contribution in [1.29, 1.82) is 5.26 Å². The van der Waals surface area contributed by atoms with Crippen molar-refractivity contribution < 1.29 is 32.4 Å². The minimum Gasteiger partial charge on any atom is -0.351 e. The lowest BCUT2D eigenvalue weighted by atomic mass is 9.77. The molecule has 1 saturated carbocycles. The molecular formula is C24H28F3N5O4. The first-order valence-corrected chi connectivity index (χ1v) is 11.9. The number of piperidine rings is 1. The van der Waals surface area contributed by atoms with E-state index in [9.17, 15) is 27.6 Å². The fraction of sp³-hybridized carbons (Fsp3) is 0.583. The van der Waals surface area contributed by atoms with Crippen molar-refractivity contribution in [2.45, 2.75) is 63.0 Å². The number of hydroxylamine groups is 2. The smallest absolute Gasteiger partial charge is 0.351 e. The van der Waals surface area contributed by atoms with E-state index in [-0.39, 0.29) is 24.8 Å². The molecule has 9 nitrogen and oxygen atoms in total. The summed E-state index contributed by atoms with van der Waals surface area (Å²) in [6.45, 7) is 1.62. The normalized spacial score (nSPS) is 21.5. The van der Waals surface area contributed by atoms with Gasteiger partial charge in [0.25, 0.3) is 0 Å². The molecule has 36 heavy (non-hydrogen) atoms. The number of rotatable bonds is 7. The van der Waals surface area contributed by atoms with Crippen LogP contribution in [0.4, 0.5) is 23.7 Å². The van der Waals surface area contributed by atoms with Crippen LogP contribution in [0.3, 0.4) is 0 Å². The number of carbonyl (C=O) groups excluding carboxylic acids is 3. The topological polar surface area (TPSA) is 115 Å². The Labute approximate surface area is 206 Å². The number of nitrogens with zero attached hydrogens (tertiary/aromatic N) is 3. The number of amides is 3. The Balaban J connectivity index is 1.31. The number of benzene rings is 1. The van der Waals surface area contributed by atoms with Crippen LogP contribution in [-0.4, -0.2) is 60.1 Å². The van der Waals surface area contributed by atoms with Gasteiger partial charge in [0, 0.05) is 31.7 Å². The molecule has 1 aromatic carbocycles. The molecule has 3 amide bonds. The second-order valence-corrected chi connectivity index (χ2v) is 9.93. The highest BCUT2D eigenvalue weighted by Gasteiger charge is 2.49. The van der Waals surface area contributed by atoms with E-state index >= 15 is 0 Å². The largest absolute Gasteiger partial charge is 0.426 e. The van der Waals surface area contributed by atoms with Gasteiger partial charge in [-0.15, -0.1) is 5.06 Å². The van der Waals surface area contributed by atoms with E-state index in [0.29, 0.717) is 51.3 Å². The summed E-state index contributed by atoms with van der Waals surface area (Å²) in [6.07, 6.45) is 0.257. The van der Waals surface area contributed by atoms with Crippen molar-refractivity contribution >= 4 is 23.6 Å². The van der Waals surface area contributed by atoms with E-state index in [1.54, 1.807) is 17.0 Å². The number of nitriles is 1. The lowest BCUT2D eigenvalue weighted by Crippen LogP contribution is -2.53. The van der Waals surface area contributed by atoms with Gasteiger partial charge in [-0.2, -0.15) is 5.26 Å². The van der Waals surface area contributed by atoms with Crippen molar-refractivity contribution in [2.24, 2.45) is 5.41 Å². The molecular weight excluding hydrogens is 479 g/mol. The van der Waals surface area contributed by atoms with Crippen LogP contribution < -0.4 is 15.5 Å².